The van der Waals surface area contributed by atoms with Crippen LogP contribution in [-0.2, 0) is 22.6 Å². The zero-order chi connectivity index (χ0) is 19.9. The van der Waals surface area contributed by atoms with Gasteiger partial charge in [0, 0.05) is 11.8 Å². The first-order chi connectivity index (χ1) is 13.6. The number of carbonyl (C=O) groups is 1. The van der Waals surface area contributed by atoms with Gasteiger partial charge in [0.15, 0.2) is 0 Å². The van der Waals surface area contributed by atoms with E-state index >= 15 is 0 Å². The molecule has 0 N–H and O–H groups in total. The van der Waals surface area contributed by atoms with Gasteiger partial charge < -0.3 is 9.47 Å². The minimum Gasteiger partial charge on any atom is -0.489 e. The topological polar surface area (TPSA) is 53.4 Å². The summed E-state index contributed by atoms with van der Waals surface area (Å²) in [6, 6.07) is 16.1. The van der Waals surface area contributed by atoms with Crippen molar-refractivity contribution in [3.05, 3.63) is 77.6 Å². The Hall–Kier alpha value is -3.08. The van der Waals surface area contributed by atoms with E-state index in [1.54, 1.807) is 0 Å². The van der Waals surface area contributed by atoms with Gasteiger partial charge in [-0.05, 0) is 49.6 Å². The van der Waals surface area contributed by atoms with Gasteiger partial charge in [0.2, 0.25) is 0 Å². The number of benzene rings is 2. The van der Waals surface area contributed by atoms with Crippen molar-refractivity contribution < 1.29 is 14.3 Å². The molecule has 146 valence electrons. The fraction of sp³-hybridized carbons (Fsp3) is 0.304. The molecule has 0 radical (unpaired) electrons. The highest BCUT2D eigenvalue weighted by molar-refractivity contribution is 5.72. The van der Waals surface area contributed by atoms with E-state index < -0.39 is 0 Å². The second kappa shape index (κ2) is 9.22. The maximum absolute atomic E-state index is 11.7. The van der Waals surface area contributed by atoms with Gasteiger partial charge >= 0.3 is 5.97 Å². The molecule has 1 aromatic heterocycles. The maximum atomic E-state index is 11.7. The fourth-order valence-electron chi connectivity index (χ4n) is 3.01. The van der Waals surface area contributed by atoms with Crippen LogP contribution in [-0.4, -0.2) is 22.9 Å². The molecule has 0 spiro atoms. The summed E-state index contributed by atoms with van der Waals surface area (Å²) in [5.74, 6) is 0.524. The van der Waals surface area contributed by atoms with Crippen LogP contribution in [0.25, 0.3) is 5.69 Å². The van der Waals surface area contributed by atoms with E-state index in [0.29, 0.717) is 13.0 Å². The smallest absolute Gasteiger partial charge is 0.308 e. The average molecular weight is 378 g/mol. The standard InChI is InChI=1S/C23H26N2O3/c1-4-20(23(26)27-3)13-18-7-11-22(12-8-18)28-16-19-14-24-25(15-19)21-9-5-17(2)6-10-21/h5-12,14-15,20H,4,13,16H2,1-3H3. The SMILES string of the molecule is CCC(Cc1ccc(OCc2cnn(-c3ccc(C)cc3)c2)cc1)C(=O)OC. The van der Waals surface area contributed by atoms with E-state index in [4.69, 9.17) is 9.47 Å². The predicted octanol–water partition coefficient (Wildman–Crippen LogP) is 4.50. The quantitative estimate of drug-likeness (QED) is 0.542. The zero-order valence-electron chi connectivity index (χ0n) is 16.6. The number of hydrogen-bond acceptors (Lipinski definition) is 4. The molecule has 1 heterocycles. The Bertz CT molecular complexity index is 898. The molecule has 0 aliphatic rings. The van der Waals surface area contributed by atoms with Crippen LogP contribution in [0.5, 0.6) is 5.75 Å². The van der Waals surface area contributed by atoms with Gasteiger partial charge in [0.05, 0.1) is 24.9 Å². The number of hydrogen-bond donors (Lipinski definition) is 0. The van der Waals surface area contributed by atoms with E-state index in [-0.39, 0.29) is 11.9 Å². The van der Waals surface area contributed by atoms with Gasteiger partial charge in [-0.1, -0.05) is 36.8 Å². The molecule has 1 atom stereocenters. The largest absolute Gasteiger partial charge is 0.489 e. The summed E-state index contributed by atoms with van der Waals surface area (Å²) in [5, 5.41) is 4.40. The minimum atomic E-state index is -0.159. The lowest BCUT2D eigenvalue weighted by molar-refractivity contribution is -0.145. The number of aromatic nitrogens is 2. The molecule has 2 aromatic carbocycles. The molecule has 0 bridgehead atoms. The van der Waals surface area contributed by atoms with Crippen molar-refractivity contribution in [2.45, 2.75) is 33.3 Å². The minimum absolute atomic E-state index is 0.107. The Morgan fingerprint density at radius 2 is 1.79 bits per heavy atom. The third-order valence-electron chi connectivity index (χ3n) is 4.77. The van der Waals surface area contributed by atoms with Gasteiger partial charge in [0.25, 0.3) is 0 Å². The molecule has 0 aliphatic carbocycles. The van der Waals surface area contributed by atoms with Gasteiger partial charge in [-0.2, -0.15) is 5.10 Å². The van der Waals surface area contributed by atoms with Crippen LogP contribution < -0.4 is 4.74 Å². The van der Waals surface area contributed by atoms with Crippen molar-refractivity contribution >= 4 is 5.97 Å². The summed E-state index contributed by atoms with van der Waals surface area (Å²) in [6.07, 6.45) is 5.22. The Morgan fingerprint density at radius 1 is 1.07 bits per heavy atom. The second-order valence-electron chi connectivity index (χ2n) is 6.89. The molecule has 0 saturated heterocycles. The van der Waals surface area contributed by atoms with Crippen LogP contribution in [0, 0.1) is 12.8 Å². The summed E-state index contributed by atoms with van der Waals surface area (Å²) < 4.78 is 12.6. The molecule has 5 nitrogen and oxygen atoms in total. The first-order valence-corrected chi connectivity index (χ1v) is 9.49. The van der Waals surface area contributed by atoms with Crippen molar-refractivity contribution in [2.24, 2.45) is 5.92 Å². The molecule has 1 unspecified atom stereocenters. The molecule has 0 saturated carbocycles. The highest BCUT2D eigenvalue weighted by Gasteiger charge is 2.17. The molecule has 0 aliphatic heterocycles. The van der Waals surface area contributed by atoms with Crippen LogP contribution in [0.4, 0.5) is 0 Å². The second-order valence-corrected chi connectivity index (χ2v) is 6.89. The number of ether oxygens (including phenoxy) is 2. The lowest BCUT2D eigenvalue weighted by Crippen LogP contribution is -2.17. The molecule has 5 heteroatoms. The lowest BCUT2D eigenvalue weighted by Gasteiger charge is -2.12. The van der Waals surface area contributed by atoms with Crippen molar-refractivity contribution in [2.75, 3.05) is 7.11 Å². The first-order valence-electron chi connectivity index (χ1n) is 9.49. The third-order valence-corrected chi connectivity index (χ3v) is 4.77. The highest BCUT2D eigenvalue weighted by Crippen LogP contribution is 2.19. The Kier molecular flexibility index (Phi) is 6.48. The summed E-state index contributed by atoms with van der Waals surface area (Å²) in [5.41, 5.74) is 4.34. The van der Waals surface area contributed by atoms with Crippen molar-refractivity contribution in [3.8, 4) is 11.4 Å². The molecule has 3 rings (SSSR count). The number of aryl methyl sites for hydroxylation is 1. The van der Waals surface area contributed by atoms with Crippen molar-refractivity contribution in [1.82, 2.24) is 9.78 Å². The van der Waals surface area contributed by atoms with Gasteiger partial charge in [0.1, 0.15) is 12.4 Å². The van der Waals surface area contributed by atoms with Gasteiger partial charge in [-0.25, -0.2) is 4.68 Å². The van der Waals surface area contributed by atoms with Crippen LogP contribution >= 0.6 is 0 Å². The monoisotopic (exact) mass is 378 g/mol. The summed E-state index contributed by atoms with van der Waals surface area (Å²) in [7, 11) is 1.43. The molecule has 3 aromatic rings. The molecule has 0 amide bonds. The Labute approximate surface area is 165 Å². The van der Waals surface area contributed by atoms with E-state index in [1.807, 2.05) is 60.4 Å². The lowest BCUT2D eigenvalue weighted by atomic mass is 9.97. The average Bonchev–Trinajstić information content (AvgIpc) is 3.20. The van der Waals surface area contributed by atoms with Crippen molar-refractivity contribution in [1.29, 1.82) is 0 Å². The molecule has 0 fully saturated rings. The van der Waals surface area contributed by atoms with Gasteiger partial charge in [-0.3, -0.25) is 4.79 Å². The summed E-state index contributed by atoms with van der Waals surface area (Å²) in [4.78, 5) is 11.7. The fourth-order valence-corrected chi connectivity index (χ4v) is 3.01. The zero-order valence-corrected chi connectivity index (χ0v) is 16.6. The predicted molar refractivity (Wildman–Crippen MR) is 109 cm³/mol. The number of carbonyl (C=O) groups excluding carboxylic acids is 1. The van der Waals surface area contributed by atoms with E-state index in [1.165, 1.54) is 12.7 Å². The van der Waals surface area contributed by atoms with Crippen LogP contribution in [0.15, 0.2) is 60.9 Å². The number of methoxy groups -OCH3 is 1. The number of esters is 1. The van der Waals surface area contributed by atoms with Crippen LogP contribution in [0.2, 0.25) is 0 Å². The number of rotatable bonds is 8. The highest BCUT2D eigenvalue weighted by atomic mass is 16.5. The van der Waals surface area contributed by atoms with Crippen molar-refractivity contribution in [3.63, 3.8) is 0 Å². The molecular weight excluding hydrogens is 352 g/mol. The summed E-state index contributed by atoms with van der Waals surface area (Å²) >= 11 is 0. The Balaban J connectivity index is 1.56. The first kappa shape index (κ1) is 19.7. The summed E-state index contributed by atoms with van der Waals surface area (Å²) in [6.45, 7) is 4.51. The molecular formula is C23H26N2O3. The molecule has 28 heavy (non-hydrogen) atoms. The maximum Gasteiger partial charge on any atom is 0.308 e. The van der Waals surface area contributed by atoms with Crippen LogP contribution in [0.3, 0.4) is 0 Å². The van der Waals surface area contributed by atoms with E-state index in [0.717, 1.165) is 29.0 Å². The van der Waals surface area contributed by atoms with E-state index in [2.05, 4.69) is 24.2 Å². The Morgan fingerprint density at radius 3 is 2.43 bits per heavy atom. The van der Waals surface area contributed by atoms with Gasteiger partial charge in [-0.15, -0.1) is 0 Å². The normalized spacial score (nSPS) is 11.8. The van der Waals surface area contributed by atoms with E-state index in [9.17, 15) is 4.79 Å². The van der Waals surface area contributed by atoms with Crippen LogP contribution in [0.1, 0.15) is 30.0 Å². The third kappa shape index (κ3) is 5.00. The number of nitrogens with zero attached hydrogens (tertiary/aromatic N) is 2.